The Morgan fingerprint density at radius 1 is 0.862 bits per heavy atom. The zero-order valence-corrected chi connectivity index (χ0v) is 16.5. The van der Waals surface area contributed by atoms with Crippen molar-refractivity contribution in [2.45, 2.75) is 26.7 Å². The van der Waals surface area contributed by atoms with E-state index in [1.54, 1.807) is 18.2 Å². The molecule has 0 spiro atoms. The molecule has 0 bridgehead atoms. The summed E-state index contributed by atoms with van der Waals surface area (Å²) in [5.74, 6) is 0.606. The van der Waals surface area contributed by atoms with Gasteiger partial charge in [0.15, 0.2) is 11.5 Å². The highest BCUT2D eigenvalue weighted by Gasteiger charge is 2.43. The van der Waals surface area contributed by atoms with E-state index in [9.17, 15) is 9.59 Å². The minimum absolute atomic E-state index is 0.145. The van der Waals surface area contributed by atoms with Crippen molar-refractivity contribution in [3.05, 3.63) is 58.8 Å². The molecule has 29 heavy (non-hydrogen) atoms. The fourth-order valence-electron chi connectivity index (χ4n) is 4.35. The molecule has 3 aliphatic rings. The van der Waals surface area contributed by atoms with E-state index in [0.29, 0.717) is 28.5 Å². The maximum Gasteiger partial charge on any atom is 0.282 e. The summed E-state index contributed by atoms with van der Waals surface area (Å²) in [6, 6.07) is 11.1. The summed E-state index contributed by atoms with van der Waals surface area (Å²) in [7, 11) is 0. The molecule has 1 saturated heterocycles. The summed E-state index contributed by atoms with van der Waals surface area (Å²) in [5, 5.41) is 0. The number of fused-ring (bicyclic) bond motifs is 1. The van der Waals surface area contributed by atoms with Gasteiger partial charge in [0.25, 0.3) is 11.8 Å². The molecule has 1 fully saturated rings. The highest BCUT2D eigenvalue weighted by molar-refractivity contribution is 6.45. The summed E-state index contributed by atoms with van der Waals surface area (Å²) in [4.78, 5) is 30.4. The molecule has 0 aliphatic carbocycles. The average molecular weight is 390 g/mol. The van der Waals surface area contributed by atoms with Crippen molar-refractivity contribution >= 4 is 23.1 Å². The third-order valence-electron chi connectivity index (χ3n) is 5.75. The van der Waals surface area contributed by atoms with Gasteiger partial charge in [0.2, 0.25) is 6.79 Å². The number of likely N-dealkylation sites (tertiary alicyclic amines) is 1. The van der Waals surface area contributed by atoms with Gasteiger partial charge >= 0.3 is 0 Å². The van der Waals surface area contributed by atoms with Crippen LogP contribution < -0.4 is 14.4 Å². The molecule has 3 heterocycles. The maximum atomic E-state index is 13.6. The molecule has 3 aliphatic heterocycles. The second kappa shape index (κ2) is 6.65. The van der Waals surface area contributed by atoms with Gasteiger partial charge in [0.05, 0.1) is 11.3 Å². The molecular formula is C23H22N2O4. The Balaban J connectivity index is 1.63. The van der Waals surface area contributed by atoms with E-state index in [-0.39, 0.29) is 18.6 Å². The Morgan fingerprint density at radius 2 is 1.62 bits per heavy atom. The number of anilines is 1. The van der Waals surface area contributed by atoms with Gasteiger partial charge in [-0.05, 0) is 49.9 Å². The summed E-state index contributed by atoms with van der Waals surface area (Å²) in [6.07, 6.45) is 2.05. The molecule has 0 N–H and O–H groups in total. The van der Waals surface area contributed by atoms with Crippen LogP contribution in [0.1, 0.15) is 29.5 Å². The molecule has 0 saturated carbocycles. The first-order chi connectivity index (χ1) is 14.0. The Bertz CT molecular complexity index is 1070. The second-order valence-corrected chi connectivity index (χ2v) is 7.72. The maximum absolute atomic E-state index is 13.6. The third kappa shape index (κ3) is 2.78. The number of benzene rings is 2. The number of carbonyl (C=O) groups is 2. The Morgan fingerprint density at radius 3 is 2.38 bits per heavy atom. The molecule has 5 rings (SSSR count). The number of carbonyl (C=O) groups excluding carboxylic acids is 2. The number of imide groups is 1. The van der Waals surface area contributed by atoms with Crippen LogP contribution in [-0.4, -0.2) is 36.6 Å². The van der Waals surface area contributed by atoms with Crippen LogP contribution in [0, 0.1) is 13.8 Å². The van der Waals surface area contributed by atoms with E-state index in [0.717, 1.165) is 42.6 Å². The second-order valence-electron chi connectivity index (χ2n) is 7.72. The van der Waals surface area contributed by atoms with Crippen molar-refractivity contribution < 1.29 is 19.1 Å². The number of amides is 2. The standard InChI is InChI=1S/C23H22N2O4/c1-14-5-7-17(15(2)11-14)20-21(24-9-3-4-10-24)23(27)25(22(20)26)16-6-8-18-19(12-16)29-13-28-18/h5-8,11-12H,3-4,9-10,13H2,1-2H3. The Labute approximate surface area is 169 Å². The van der Waals surface area contributed by atoms with Crippen molar-refractivity contribution in [3.63, 3.8) is 0 Å². The molecular weight excluding hydrogens is 368 g/mol. The zero-order valence-electron chi connectivity index (χ0n) is 16.5. The monoisotopic (exact) mass is 390 g/mol. The average Bonchev–Trinajstić information content (AvgIpc) is 3.41. The lowest BCUT2D eigenvalue weighted by molar-refractivity contribution is -0.120. The van der Waals surface area contributed by atoms with Crippen LogP contribution in [0.2, 0.25) is 0 Å². The molecule has 0 radical (unpaired) electrons. The van der Waals surface area contributed by atoms with Gasteiger partial charge < -0.3 is 14.4 Å². The topological polar surface area (TPSA) is 59.1 Å². The number of rotatable bonds is 3. The van der Waals surface area contributed by atoms with Crippen LogP contribution in [0.25, 0.3) is 5.57 Å². The number of aryl methyl sites for hydroxylation is 2. The summed E-state index contributed by atoms with van der Waals surface area (Å²) < 4.78 is 10.8. The molecule has 0 aromatic heterocycles. The van der Waals surface area contributed by atoms with Crippen molar-refractivity contribution in [1.82, 2.24) is 4.90 Å². The Hall–Kier alpha value is -3.28. The van der Waals surface area contributed by atoms with E-state index in [4.69, 9.17) is 9.47 Å². The fourth-order valence-corrected chi connectivity index (χ4v) is 4.35. The van der Waals surface area contributed by atoms with Gasteiger partial charge in [-0.15, -0.1) is 0 Å². The third-order valence-corrected chi connectivity index (χ3v) is 5.75. The van der Waals surface area contributed by atoms with E-state index >= 15 is 0 Å². The van der Waals surface area contributed by atoms with Gasteiger partial charge in [-0.25, -0.2) is 4.90 Å². The predicted octanol–water partition coefficient (Wildman–Crippen LogP) is 3.41. The first-order valence-electron chi connectivity index (χ1n) is 9.90. The number of hydrogen-bond donors (Lipinski definition) is 0. The normalized spacial score (nSPS) is 18.4. The lowest BCUT2D eigenvalue weighted by Gasteiger charge is -2.20. The number of hydrogen-bond acceptors (Lipinski definition) is 5. The fraction of sp³-hybridized carbons (Fsp3) is 0.304. The van der Waals surface area contributed by atoms with E-state index in [1.165, 1.54) is 4.90 Å². The zero-order chi connectivity index (χ0) is 20.1. The number of ether oxygens (including phenoxy) is 2. The van der Waals surface area contributed by atoms with Crippen molar-refractivity contribution in [1.29, 1.82) is 0 Å². The Kier molecular flexibility index (Phi) is 4.08. The molecule has 148 valence electrons. The smallest absolute Gasteiger partial charge is 0.282 e. The molecule has 6 heteroatoms. The predicted molar refractivity (Wildman–Crippen MR) is 109 cm³/mol. The molecule has 2 amide bonds. The molecule has 6 nitrogen and oxygen atoms in total. The lowest BCUT2D eigenvalue weighted by Crippen LogP contribution is -2.34. The SMILES string of the molecule is Cc1ccc(C2=C(N3CCCC3)C(=O)N(c3ccc4c(c3)OCO4)C2=O)c(C)c1. The van der Waals surface area contributed by atoms with Gasteiger partial charge in [0.1, 0.15) is 5.70 Å². The van der Waals surface area contributed by atoms with E-state index < -0.39 is 0 Å². The first kappa shape index (κ1) is 17.8. The van der Waals surface area contributed by atoms with Crippen LogP contribution in [-0.2, 0) is 9.59 Å². The van der Waals surface area contributed by atoms with E-state index in [1.807, 2.05) is 32.0 Å². The van der Waals surface area contributed by atoms with Gasteiger partial charge in [0, 0.05) is 19.2 Å². The molecule has 2 aromatic carbocycles. The molecule has 2 aromatic rings. The van der Waals surface area contributed by atoms with Crippen molar-refractivity contribution in [3.8, 4) is 11.5 Å². The van der Waals surface area contributed by atoms with Crippen LogP contribution in [0.5, 0.6) is 11.5 Å². The van der Waals surface area contributed by atoms with Gasteiger partial charge in [-0.2, -0.15) is 0 Å². The minimum atomic E-state index is -0.289. The molecule has 0 unspecified atom stereocenters. The highest BCUT2D eigenvalue weighted by Crippen LogP contribution is 2.41. The minimum Gasteiger partial charge on any atom is -0.454 e. The van der Waals surface area contributed by atoms with Crippen molar-refractivity contribution in [2.24, 2.45) is 0 Å². The summed E-state index contributed by atoms with van der Waals surface area (Å²) >= 11 is 0. The van der Waals surface area contributed by atoms with Crippen LogP contribution in [0.3, 0.4) is 0 Å². The lowest BCUT2D eigenvalue weighted by atomic mass is 9.97. The number of nitrogens with zero attached hydrogens (tertiary/aromatic N) is 2. The first-order valence-corrected chi connectivity index (χ1v) is 9.90. The van der Waals surface area contributed by atoms with Gasteiger partial charge in [-0.3, -0.25) is 9.59 Å². The van der Waals surface area contributed by atoms with Crippen LogP contribution >= 0.6 is 0 Å². The van der Waals surface area contributed by atoms with E-state index in [2.05, 4.69) is 4.90 Å². The largest absolute Gasteiger partial charge is 0.454 e. The van der Waals surface area contributed by atoms with Crippen molar-refractivity contribution in [2.75, 3.05) is 24.8 Å². The quantitative estimate of drug-likeness (QED) is 0.752. The van der Waals surface area contributed by atoms with Crippen LogP contribution in [0.15, 0.2) is 42.1 Å². The van der Waals surface area contributed by atoms with Crippen LogP contribution in [0.4, 0.5) is 5.69 Å². The van der Waals surface area contributed by atoms with Gasteiger partial charge in [-0.1, -0.05) is 23.8 Å². The molecule has 0 atom stereocenters. The summed E-state index contributed by atoms with van der Waals surface area (Å²) in [5.41, 5.74) is 4.44. The highest BCUT2D eigenvalue weighted by atomic mass is 16.7. The summed E-state index contributed by atoms with van der Waals surface area (Å²) in [6.45, 7) is 5.73.